The fraction of sp³-hybridized carbons (Fsp3) is 0.294. The first-order valence-corrected chi connectivity index (χ1v) is 7.91. The predicted molar refractivity (Wildman–Crippen MR) is 89.2 cm³/mol. The molecule has 0 aliphatic rings. The van der Waals surface area contributed by atoms with Gasteiger partial charge in [0.15, 0.2) is 0 Å². The quantitative estimate of drug-likeness (QED) is 0.795. The van der Waals surface area contributed by atoms with Crippen LogP contribution in [0.15, 0.2) is 35.8 Å². The molecule has 1 N–H and O–H groups in total. The summed E-state index contributed by atoms with van der Waals surface area (Å²) in [5.41, 5.74) is 3.80. The summed E-state index contributed by atoms with van der Waals surface area (Å²) in [6.07, 6.45) is 2.85. The number of nitrogens with one attached hydrogen (secondary N) is 1. The summed E-state index contributed by atoms with van der Waals surface area (Å²) < 4.78 is 0. The van der Waals surface area contributed by atoms with E-state index in [0.29, 0.717) is 11.5 Å². The molecule has 0 spiro atoms. The van der Waals surface area contributed by atoms with Crippen molar-refractivity contribution in [2.45, 2.75) is 33.1 Å². The summed E-state index contributed by atoms with van der Waals surface area (Å²) in [6, 6.07) is 10.5. The third-order valence-corrected chi connectivity index (χ3v) is 4.44. The lowest BCUT2D eigenvalue weighted by Gasteiger charge is -2.09. The van der Waals surface area contributed by atoms with Crippen molar-refractivity contribution in [3.05, 3.63) is 52.1 Å². The molecule has 1 aromatic heterocycles. The van der Waals surface area contributed by atoms with Gasteiger partial charge in [-0.15, -0.1) is 11.3 Å². The minimum Gasteiger partial charge on any atom is -0.360 e. The van der Waals surface area contributed by atoms with Gasteiger partial charge in [-0.25, -0.2) is 4.98 Å². The van der Waals surface area contributed by atoms with Gasteiger partial charge in [-0.1, -0.05) is 26.0 Å². The van der Waals surface area contributed by atoms with Crippen LogP contribution in [0.5, 0.6) is 0 Å². The van der Waals surface area contributed by atoms with E-state index in [2.05, 4.69) is 42.4 Å². The molecule has 2 aromatic rings. The van der Waals surface area contributed by atoms with E-state index in [0.717, 1.165) is 22.8 Å². The van der Waals surface area contributed by atoms with E-state index >= 15 is 0 Å². The van der Waals surface area contributed by atoms with Gasteiger partial charge in [0.25, 0.3) is 0 Å². The highest BCUT2D eigenvalue weighted by Gasteiger charge is 2.05. The molecule has 0 saturated heterocycles. The normalized spacial score (nSPS) is 12.8. The molecule has 0 amide bonds. The second-order valence-corrected chi connectivity index (χ2v) is 5.90. The fourth-order valence-electron chi connectivity index (χ4n) is 1.92. The van der Waals surface area contributed by atoms with Crippen molar-refractivity contribution < 1.29 is 0 Å². The Kier molecular flexibility index (Phi) is 5.13. The van der Waals surface area contributed by atoms with Crippen molar-refractivity contribution in [2.24, 2.45) is 0 Å². The molecule has 0 aliphatic carbocycles. The third kappa shape index (κ3) is 3.93. The zero-order valence-corrected chi connectivity index (χ0v) is 13.4. The minimum absolute atomic E-state index is 0.555. The fourth-order valence-corrected chi connectivity index (χ4v) is 2.68. The highest BCUT2D eigenvalue weighted by Crippen LogP contribution is 2.22. The van der Waals surface area contributed by atoms with Crippen molar-refractivity contribution in [3.8, 4) is 6.07 Å². The Labute approximate surface area is 130 Å². The molecule has 0 aliphatic heterocycles. The van der Waals surface area contributed by atoms with E-state index < -0.39 is 0 Å². The Bertz CT molecular complexity index is 662. The molecule has 3 nitrogen and oxygen atoms in total. The first-order chi connectivity index (χ1) is 10.1. The van der Waals surface area contributed by atoms with Gasteiger partial charge in [0.1, 0.15) is 16.6 Å². The number of nitriles is 1. The molecule has 1 atom stereocenters. The molecule has 1 heterocycles. The lowest BCUT2D eigenvalue weighted by molar-refractivity contribution is 0.734. The molecular weight excluding hydrogens is 278 g/mol. The molecule has 1 aromatic carbocycles. The van der Waals surface area contributed by atoms with Gasteiger partial charge in [0.2, 0.25) is 0 Å². The largest absolute Gasteiger partial charge is 0.360 e. The first kappa shape index (κ1) is 15.3. The molecule has 2 rings (SSSR count). The Balaban J connectivity index is 2.10. The monoisotopic (exact) mass is 297 g/mol. The smallest absolute Gasteiger partial charge is 0.135 e. The molecule has 0 radical (unpaired) electrons. The zero-order chi connectivity index (χ0) is 15.2. The number of benzene rings is 1. The molecule has 108 valence electrons. The number of aromatic nitrogens is 1. The van der Waals surface area contributed by atoms with Crippen LogP contribution in [0.25, 0.3) is 5.57 Å². The topological polar surface area (TPSA) is 48.7 Å². The summed E-state index contributed by atoms with van der Waals surface area (Å²) in [4.78, 5) is 4.33. The van der Waals surface area contributed by atoms with Crippen LogP contribution in [0.4, 0.5) is 5.69 Å². The number of nitrogens with zero attached hydrogens (tertiary/aromatic N) is 2. The summed E-state index contributed by atoms with van der Waals surface area (Å²) in [7, 11) is 0. The number of aryl methyl sites for hydroxylation is 1. The Hall–Kier alpha value is -2.12. The maximum Gasteiger partial charge on any atom is 0.135 e. The number of hydrogen-bond donors (Lipinski definition) is 1. The third-order valence-electron chi connectivity index (χ3n) is 3.45. The van der Waals surface area contributed by atoms with Gasteiger partial charge >= 0.3 is 0 Å². The standard InChI is InChI=1S/C17H19N3S/c1-4-12(2)14-5-7-16(8-6-14)19-10-15(9-18)17-20-13(3)11-21-17/h5-8,10-12,19H,4H2,1-3H3/b15-10+/t12-/m1/s1. The number of allylic oxidation sites excluding steroid dienone is 1. The van der Waals surface area contributed by atoms with Crippen LogP contribution in [0, 0.1) is 18.3 Å². The summed E-state index contributed by atoms with van der Waals surface area (Å²) >= 11 is 1.48. The minimum atomic E-state index is 0.555. The van der Waals surface area contributed by atoms with Crippen LogP contribution in [-0.4, -0.2) is 4.98 Å². The van der Waals surface area contributed by atoms with E-state index in [9.17, 15) is 5.26 Å². The van der Waals surface area contributed by atoms with Crippen molar-refractivity contribution in [1.82, 2.24) is 4.98 Å². The number of hydrogen-bond acceptors (Lipinski definition) is 4. The van der Waals surface area contributed by atoms with Gasteiger partial charge in [-0.2, -0.15) is 5.26 Å². The first-order valence-electron chi connectivity index (χ1n) is 7.03. The lowest BCUT2D eigenvalue weighted by atomic mass is 9.99. The molecule has 0 unspecified atom stereocenters. The second-order valence-electron chi connectivity index (χ2n) is 5.04. The average molecular weight is 297 g/mol. The van der Waals surface area contributed by atoms with E-state index in [-0.39, 0.29) is 0 Å². The lowest BCUT2D eigenvalue weighted by Crippen LogP contribution is -1.94. The molecule has 4 heteroatoms. The van der Waals surface area contributed by atoms with Crippen LogP contribution >= 0.6 is 11.3 Å². The highest BCUT2D eigenvalue weighted by atomic mass is 32.1. The highest BCUT2D eigenvalue weighted by molar-refractivity contribution is 7.10. The predicted octanol–water partition coefficient (Wildman–Crippen LogP) is 4.94. The molecule has 0 fully saturated rings. The van der Waals surface area contributed by atoms with Crippen LogP contribution in [-0.2, 0) is 0 Å². The SMILES string of the molecule is CC[C@@H](C)c1ccc(N/C=C(\C#N)c2nc(C)cs2)cc1. The zero-order valence-electron chi connectivity index (χ0n) is 12.6. The van der Waals surface area contributed by atoms with Crippen molar-refractivity contribution >= 4 is 22.6 Å². The Morgan fingerprint density at radius 1 is 1.43 bits per heavy atom. The summed E-state index contributed by atoms with van der Waals surface area (Å²) in [5.74, 6) is 0.572. The van der Waals surface area contributed by atoms with E-state index in [1.165, 1.54) is 16.9 Å². The molecule has 0 saturated carbocycles. The number of thiazole rings is 1. The van der Waals surface area contributed by atoms with Crippen molar-refractivity contribution in [3.63, 3.8) is 0 Å². The van der Waals surface area contributed by atoms with Crippen LogP contribution < -0.4 is 5.32 Å². The number of rotatable bonds is 5. The van der Waals surface area contributed by atoms with Gasteiger partial charge in [0, 0.05) is 23.0 Å². The Morgan fingerprint density at radius 2 is 2.14 bits per heavy atom. The van der Waals surface area contributed by atoms with Gasteiger partial charge < -0.3 is 5.32 Å². The van der Waals surface area contributed by atoms with Crippen LogP contribution in [0.3, 0.4) is 0 Å². The number of anilines is 1. The average Bonchev–Trinajstić information content (AvgIpc) is 2.94. The summed E-state index contributed by atoms with van der Waals surface area (Å²) in [5, 5.41) is 15.1. The molecule has 0 bridgehead atoms. The van der Waals surface area contributed by atoms with Crippen molar-refractivity contribution in [1.29, 1.82) is 5.26 Å². The Morgan fingerprint density at radius 3 is 2.67 bits per heavy atom. The van der Waals surface area contributed by atoms with Gasteiger partial charge in [-0.05, 0) is 37.0 Å². The second kappa shape index (κ2) is 7.05. The summed E-state index contributed by atoms with van der Waals surface area (Å²) in [6.45, 7) is 6.34. The maximum absolute atomic E-state index is 9.22. The van der Waals surface area contributed by atoms with Crippen LogP contribution in [0.2, 0.25) is 0 Å². The van der Waals surface area contributed by atoms with Crippen LogP contribution in [0.1, 0.15) is 42.5 Å². The van der Waals surface area contributed by atoms with Crippen molar-refractivity contribution in [2.75, 3.05) is 5.32 Å². The van der Waals surface area contributed by atoms with Gasteiger partial charge in [0.05, 0.1) is 0 Å². The maximum atomic E-state index is 9.22. The molecular formula is C17H19N3S. The van der Waals surface area contributed by atoms with E-state index in [4.69, 9.17) is 0 Å². The van der Waals surface area contributed by atoms with E-state index in [1.54, 1.807) is 6.20 Å². The molecule has 21 heavy (non-hydrogen) atoms. The van der Waals surface area contributed by atoms with E-state index in [1.807, 2.05) is 24.4 Å². The van der Waals surface area contributed by atoms with Gasteiger partial charge in [-0.3, -0.25) is 0 Å².